The molecule has 3 rings (SSSR count). The Bertz CT molecular complexity index is 865. The van der Waals surface area contributed by atoms with Gasteiger partial charge >= 0.3 is 6.03 Å². The van der Waals surface area contributed by atoms with Crippen LogP contribution < -0.4 is 10.7 Å². The first-order valence-electron chi connectivity index (χ1n) is 7.09. The van der Waals surface area contributed by atoms with Gasteiger partial charge in [-0.2, -0.15) is 5.01 Å². The zero-order valence-electron chi connectivity index (χ0n) is 12.9. The second-order valence-electron chi connectivity index (χ2n) is 5.42. The number of nitrogens with one attached hydrogen (secondary N) is 2. The lowest BCUT2D eigenvalue weighted by molar-refractivity contribution is -0.384. The lowest BCUT2D eigenvalue weighted by atomic mass is 9.92. The number of benzene rings is 1. The smallest absolute Gasteiger partial charge is 0.318 e. The number of hydrogen-bond acceptors (Lipinski definition) is 6. The topological polar surface area (TPSA) is 122 Å². The van der Waals surface area contributed by atoms with Crippen molar-refractivity contribution in [2.24, 2.45) is 0 Å². The Balaban J connectivity index is 1.84. The lowest BCUT2D eigenvalue weighted by Gasteiger charge is -2.21. The first-order chi connectivity index (χ1) is 11.8. The van der Waals surface area contributed by atoms with Crippen molar-refractivity contribution in [3.8, 4) is 0 Å². The van der Waals surface area contributed by atoms with Crippen molar-refractivity contribution >= 4 is 34.9 Å². The minimum Gasteiger partial charge on any atom is -0.318 e. The number of thiophene rings is 1. The standard InChI is InChI=1S/C15H12N4O5S/c1-15(9-4-6-10(7-5-9)19(23)24)13(21)18(14(22)16-15)17-12(20)11-3-2-8-25-11/h2-8H,1H3,(H,16,22)(H,17,20)/t15-/m0/s1. The minimum absolute atomic E-state index is 0.132. The molecular weight excluding hydrogens is 348 g/mol. The van der Waals surface area contributed by atoms with E-state index in [0.717, 1.165) is 0 Å². The highest BCUT2D eigenvalue weighted by atomic mass is 32.1. The number of rotatable bonds is 4. The number of non-ortho nitro benzene ring substituents is 1. The summed E-state index contributed by atoms with van der Waals surface area (Å²) in [6.45, 7) is 1.46. The molecular formula is C15H12N4O5S. The van der Waals surface area contributed by atoms with Crippen LogP contribution in [0.3, 0.4) is 0 Å². The monoisotopic (exact) mass is 360 g/mol. The molecule has 2 N–H and O–H groups in total. The van der Waals surface area contributed by atoms with Gasteiger partial charge in [-0.15, -0.1) is 11.3 Å². The molecule has 128 valence electrons. The van der Waals surface area contributed by atoms with Gasteiger partial charge in [0.05, 0.1) is 9.80 Å². The second kappa shape index (κ2) is 5.98. The van der Waals surface area contributed by atoms with Crippen LogP contribution in [-0.2, 0) is 10.3 Å². The predicted octanol–water partition coefficient (Wildman–Crippen LogP) is 1.77. The van der Waals surface area contributed by atoms with Crippen molar-refractivity contribution in [1.29, 1.82) is 0 Å². The van der Waals surface area contributed by atoms with Gasteiger partial charge in [-0.05, 0) is 36.1 Å². The van der Waals surface area contributed by atoms with Crippen LogP contribution in [-0.4, -0.2) is 27.8 Å². The van der Waals surface area contributed by atoms with Crippen molar-refractivity contribution in [2.75, 3.05) is 0 Å². The number of hydrogen-bond donors (Lipinski definition) is 2. The van der Waals surface area contributed by atoms with Crippen molar-refractivity contribution in [2.45, 2.75) is 12.5 Å². The quantitative estimate of drug-likeness (QED) is 0.489. The molecule has 0 saturated carbocycles. The molecule has 1 aromatic heterocycles. The molecule has 1 saturated heterocycles. The van der Waals surface area contributed by atoms with E-state index in [0.29, 0.717) is 15.4 Å². The van der Waals surface area contributed by atoms with Gasteiger partial charge in [0.15, 0.2) is 0 Å². The minimum atomic E-state index is -1.44. The second-order valence-corrected chi connectivity index (χ2v) is 6.37. The number of nitro benzene ring substituents is 1. The van der Waals surface area contributed by atoms with Crippen molar-refractivity contribution in [1.82, 2.24) is 15.8 Å². The van der Waals surface area contributed by atoms with E-state index in [9.17, 15) is 24.5 Å². The summed E-state index contributed by atoms with van der Waals surface area (Å²) in [7, 11) is 0. The summed E-state index contributed by atoms with van der Waals surface area (Å²) in [4.78, 5) is 47.4. The average molecular weight is 360 g/mol. The van der Waals surface area contributed by atoms with Gasteiger partial charge in [-0.3, -0.25) is 25.1 Å². The molecule has 9 nitrogen and oxygen atoms in total. The number of carbonyl (C=O) groups excluding carboxylic acids is 3. The van der Waals surface area contributed by atoms with Crippen LogP contribution in [0.5, 0.6) is 0 Å². The lowest BCUT2D eigenvalue weighted by Crippen LogP contribution is -2.47. The molecule has 0 aliphatic carbocycles. The molecule has 1 atom stereocenters. The number of nitro groups is 1. The number of hydrazine groups is 1. The van der Waals surface area contributed by atoms with Gasteiger partial charge in [0.1, 0.15) is 5.54 Å². The molecule has 0 spiro atoms. The summed E-state index contributed by atoms with van der Waals surface area (Å²) >= 11 is 1.17. The van der Waals surface area contributed by atoms with Crippen molar-refractivity contribution < 1.29 is 19.3 Å². The van der Waals surface area contributed by atoms with E-state index in [4.69, 9.17) is 0 Å². The molecule has 1 aliphatic rings. The van der Waals surface area contributed by atoms with E-state index in [2.05, 4.69) is 10.7 Å². The van der Waals surface area contributed by atoms with Gasteiger partial charge in [-0.25, -0.2) is 4.79 Å². The van der Waals surface area contributed by atoms with Crippen LogP contribution in [0.4, 0.5) is 10.5 Å². The molecule has 25 heavy (non-hydrogen) atoms. The number of carbonyl (C=O) groups is 3. The molecule has 0 bridgehead atoms. The molecule has 4 amide bonds. The fourth-order valence-corrected chi connectivity index (χ4v) is 3.03. The molecule has 1 aromatic carbocycles. The van der Waals surface area contributed by atoms with Gasteiger partial charge in [0.25, 0.3) is 17.5 Å². The van der Waals surface area contributed by atoms with Crippen LogP contribution in [0.2, 0.25) is 0 Å². The van der Waals surface area contributed by atoms with Crippen LogP contribution in [0.15, 0.2) is 41.8 Å². The van der Waals surface area contributed by atoms with E-state index >= 15 is 0 Å². The van der Waals surface area contributed by atoms with Gasteiger partial charge in [0.2, 0.25) is 0 Å². The van der Waals surface area contributed by atoms with Crippen LogP contribution >= 0.6 is 11.3 Å². The molecule has 2 aromatic rings. The van der Waals surface area contributed by atoms with E-state index in [-0.39, 0.29) is 5.69 Å². The zero-order chi connectivity index (χ0) is 18.2. The highest BCUT2D eigenvalue weighted by molar-refractivity contribution is 7.12. The average Bonchev–Trinajstić information content (AvgIpc) is 3.19. The third-order valence-electron chi connectivity index (χ3n) is 3.80. The fourth-order valence-electron chi connectivity index (χ4n) is 2.42. The van der Waals surface area contributed by atoms with Gasteiger partial charge in [-0.1, -0.05) is 6.07 Å². The normalized spacial score (nSPS) is 19.6. The summed E-state index contributed by atoms with van der Waals surface area (Å²) < 4.78 is 0. The Morgan fingerprint density at radius 1 is 1.28 bits per heavy atom. The Kier molecular flexibility index (Phi) is 3.97. The number of urea groups is 1. The maximum absolute atomic E-state index is 12.7. The van der Waals surface area contributed by atoms with E-state index < -0.39 is 28.3 Å². The van der Waals surface area contributed by atoms with Crippen LogP contribution in [0, 0.1) is 10.1 Å². The number of nitrogens with zero attached hydrogens (tertiary/aromatic N) is 2. The van der Waals surface area contributed by atoms with Crippen LogP contribution in [0.25, 0.3) is 0 Å². The van der Waals surface area contributed by atoms with E-state index in [1.54, 1.807) is 17.5 Å². The Morgan fingerprint density at radius 2 is 1.96 bits per heavy atom. The third-order valence-corrected chi connectivity index (χ3v) is 4.67. The molecule has 1 fully saturated rings. The fraction of sp³-hybridized carbons (Fsp3) is 0.133. The molecule has 0 radical (unpaired) electrons. The number of imide groups is 1. The third kappa shape index (κ3) is 2.83. The molecule has 10 heteroatoms. The SMILES string of the molecule is C[C@@]1(c2ccc([N+](=O)[O-])cc2)NC(=O)N(NC(=O)c2cccs2)C1=O. The van der Waals surface area contributed by atoms with Gasteiger partial charge in [0, 0.05) is 12.1 Å². The molecule has 2 heterocycles. The Hall–Kier alpha value is -3.27. The first kappa shape index (κ1) is 16.6. The first-order valence-corrected chi connectivity index (χ1v) is 7.97. The zero-order valence-corrected chi connectivity index (χ0v) is 13.7. The maximum Gasteiger partial charge on any atom is 0.344 e. The maximum atomic E-state index is 12.7. The summed E-state index contributed by atoms with van der Waals surface area (Å²) in [5.41, 5.74) is 1.07. The predicted molar refractivity (Wildman–Crippen MR) is 87.6 cm³/mol. The summed E-state index contributed by atoms with van der Waals surface area (Å²) in [6, 6.07) is 7.72. The summed E-state index contributed by atoms with van der Waals surface area (Å²) in [5, 5.41) is 15.5. The highest BCUT2D eigenvalue weighted by Gasteiger charge is 2.50. The Morgan fingerprint density at radius 3 is 2.52 bits per heavy atom. The highest BCUT2D eigenvalue weighted by Crippen LogP contribution is 2.29. The molecule has 0 unspecified atom stereocenters. The van der Waals surface area contributed by atoms with Crippen molar-refractivity contribution in [3.63, 3.8) is 0 Å². The van der Waals surface area contributed by atoms with Gasteiger partial charge < -0.3 is 5.32 Å². The van der Waals surface area contributed by atoms with Crippen molar-refractivity contribution in [3.05, 3.63) is 62.3 Å². The van der Waals surface area contributed by atoms with E-state index in [1.165, 1.54) is 42.5 Å². The number of amides is 4. The van der Waals surface area contributed by atoms with Crippen LogP contribution in [0.1, 0.15) is 22.2 Å². The largest absolute Gasteiger partial charge is 0.344 e. The summed E-state index contributed by atoms with van der Waals surface area (Å²) in [5.74, 6) is -1.26. The van der Waals surface area contributed by atoms with E-state index in [1.807, 2.05) is 0 Å². The summed E-state index contributed by atoms with van der Waals surface area (Å²) in [6.07, 6.45) is 0. The Labute approximate surface area is 145 Å². The molecule has 1 aliphatic heterocycles.